The minimum absolute atomic E-state index is 0.104. The quantitative estimate of drug-likeness (QED) is 0.819. The van der Waals surface area contributed by atoms with Crippen LogP contribution in [0.15, 0.2) is 24.3 Å². The van der Waals surface area contributed by atoms with Gasteiger partial charge in [-0.3, -0.25) is 0 Å². The normalized spacial score (nSPS) is 13.9. The highest BCUT2D eigenvalue weighted by atomic mass is 19.4. The van der Waals surface area contributed by atoms with E-state index in [1.54, 1.807) is 0 Å². The van der Waals surface area contributed by atoms with Gasteiger partial charge < -0.3 is 10.2 Å². The second kappa shape index (κ2) is 4.63. The third-order valence-electron chi connectivity index (χ3n) is 2.03. The van der Waals surface area contributed by atoms with Gasteiger partial charge in [0.1, 0.15) is 0 Å². The summed E-state index contributed by atoms with van der Waals surface area (Å²) < 4.78 is 37.4. The van der Waals surface area contributed by atoms with E-state index in [0.717, 1.165) is 6.07 Å². The molecular formula is C10H11F3O2. The number of hydrogen-bond donors (Lipinski definition) is 2. The number of alkyl halides is 3. The first-order chi connectivity index (χ1) is 6.96. The average Bonchev–Trinajstić information content (AvgIpc) is 2.17. The minimum Gasteiger partial charge on any atom is -0.396 e. The summed E-state index contributed by atoms with van der Waals surface area (Å²) in [5, 5.41) is 18.0. The lowest BCUT2D eigenvalue weighted by Gasteiger charge is -2.16. The van der Waals surface area contributed by atoms with E-state index in [4.69, 9.17) is 5.11 Å². The lowest BCUT2D eigenvalue weighted by Crippen LogP contribution is -2.12. The zero-order valence-corrected chi connectivity index (χ0v) is 7.83. The van der Waals surface area contributed by atoms with Crippen molar-refractivity contribution in [3.05, 3.63) is 35.4 Å². The maximum Gasteiger partial charge on any atom is 0.416 e. The molecular weight excluding hydrogens is 209 g/mol. The van der Waals surface area contributed by atoms with E-state index in [-0.39, 0.29) is 18.6 Å². The van der Waals surface area contributed by atoms with Gasteiger partial charge in [-0.05, 0) is 11.6 Å². The van der Waals surface area contributed by atoms with E-state index in [9.17, 15) is 18.3 Å². The van der Waals surface area contributed by atoms with E-state index in [2.05, 4.69) is 0 Å². The molecule has 0 radical (unpaired) electrons. The van der Waals surface area contributed by atoms with Crippen LogP contribution in [-0.2, 0) is 6.18 Å². The summed E-state index contributed by atoms with van der Waals surface area (Å²) >= 11 is 0. The molecule has 0 heterocycles. The summed E-state index contributed by atoms with van der Waals surface area (Å²) in [4.78, 5) is 0. The summed E-state index contributed by atoms with van der Waals surface area (Å²) in [6.07, 6.45) is -5.87. The first-order valence-corrected chi connectivity index (χ1v) is 4.42. The Kier molecular flexibility index (Phi) is 3.71. The molecule has 0 bridgehead atoms. The molecule has 1 rings (SSSR count). The number of aliphatic hydroxyl groups excluding tert-OH is 2. The topological polar surface area (TPSA) is 40.5 Å². The van der Waals surface area contributed by atoms with Crippen molar-refractivity contribution >= 4 is 0 Å². The molecule has 0 aromatic heterocycles. The van der Waals surface area contributed by atoms with E-state index in [1.165, 1.54) is 18.2 Å². The maximum atomic E-state index is 12.5. The van der Waals surface area contributed by atoms with E-state index >= 15 is 0 Å². The molecule has 0 fully saturated rings. The lowest BCUT2D eigenvalue weighted by atomic mass is 10.0. The van der Waals surface area contributed by atoms with Gasteiger partial charge in [0.25, 0.3) is 0 Å². The Morgan fingerprint density at radius 2 is 1.80 bits per heavy atom. The summed E-state index contributed by atoms with van der Waals surface area (Å²) in [6.45, 7) is -0.354. The van der Waals surface area contributed by atoms with Gasteiger partial charge >= 0.3 is 6.18 Å². The summed E-state index contributed by atoms with van der Waals surface area (Å²) in [7, 11) is 0. The average molecular weight is 220 g/mol. The number of halogens is 3. The summed E-state index contributed by atoms with van der Waals surface area (Å²) in [6, 6.07) is 4.81. The van der Waals surface area contributed by atoms with E-state index in [0.29, 0.717) is 0 Å². The molecule has 2 nitrogen and oxygen atoms in total. The molecule has 0 amide bonds. The largest absolute Gasteiger partial charge is 0.416 e. The molecule has 0 saturated heterocycles. The van der Waals surface area contributed by atoms with Crippen LogP contribution < -0.4 is 0 Å². The highest BCUT2D eigenvalue weighted by molar-refractivity contribution is 5.31. The van der Waals surface area contributed by atoms with Crippen LogP contribution in [-0.4, -0.2) is 16.8 Å². The van der Waals surface area contributed by atoms with Crippen LogP contribution in [0.3, 0.4) is 0 Å². The van der Waals surface area contributed by atoms with E-state index < -0.39 is 17.8 Å². The Morgan fingerprint density at radius 3 is 2.33 bits per heavy atom. The van der Waals surface area contributed by atoms with E-state index in [1.807, 2.05) is 0 Å². The highest BCUT2D eigenvalue weighted by Crippen LogP contribution is 2.35. The number of benzene rings is 1. The van der Waals surface area contributed by atoms with Gasteiger partial charge in [0.05, 0.1) is 11.7 Å². The van der Waals surface area contributed by atoms with Gasteiger partial charge in [0.15, 0.2) is 0 Å². The number of hydrogen-bond acceptors (Lipinski definition) is 2. The molecule has 1 atom stereocenters. The Bertz CT molecular complexity index is 323. The molecule has 1 aromatic carbocycles. The molecule has 0 aliphatic carbocycles. The van der Waals surface area contributed by atoms with Crippen LogP contribution in [0.2, 0.25) is 0 Å². The zero-order chi connectivity index (χ0) is 11.5. The van der Waals surface area contributed by atoms with Gasteiger partial charge in [-0.2, -0.15) is 13.2 Å². The third-order valence-corrected chi connectivity index (χ3v) is 2.03. The van der Waals surface area contributed by atoms with Crippen LogP contribution in [0.4, 0.5) is 13.2 Å². The van der Waals surface area contributed by atoms with Gasteiger partial charge in [-0.25, -0.2) is 0 Å². The van der Waals surface area contributed by atoms with Crippen LogP contribution >= 0.6 is 0 Å². The molecule has 5 heteroatoms. The van der Waals surface area contributed by atoms with Crippen molar-refractivity contribution in [2.24, 2.45) is 0 Å². The first kappa shape index (κ1) is 12.0. The van der Waals surface area contributed by atoms with Crippen molar-refractivity contribution in [3.8, 4) is 0 Å². The molecule has 2 N–H and O–H groups in total. The fourth-order valence-electron chi connectivity index (χ4n) is 1.32. The molecule has 0 unspecified atom stereocenters. The van der Waals surface area contributed by atoms with Gasteiger partial charge in [0.2, 0.25) is 0 Å². The van der Waals surface area contributed by atoms with Crippen molar-refractivity contribution in [1.29, 1.82) is 0 Å². The third kappa shape index (κ3) is 2.94. The second-order valence-electron chi connectivity index (χ2n) is 3.11. The molecule has 0 aliphatic heterocycles. The van der Waals surface area contributed by atoms with Gasteiger partial charge in [-0.1, -0.05) is 18.2 Å². The van der Waals surface area contributed by atoms with Crippen LogP contribution in [0.5, 0.6) is 0 Å². The SMILES string of the molecule is OCC[C@@H](O)c1ccccc1C(F)(F)F. The Labute approximate surface area is 85.0 Å². The standard InChI is InChI=1S/C10H11F3O2/c11-10(12,13)8-4-2-1-3-7(8)9(15)5-6-14/h1-4,9,14-15H,5-6H2/t9-/m1/s1. The zero-order valence-electron chi connectivity index (χ0n) is 7.83. The smallest absolute Gasteiger partial charge is 0.396 e. The van der Waals surface area contributed by atoms with Crippen molar-refractivity contribution < 1.29 is 23.4 Å². The molecule has 0 saturated carbocycles. The van der Waals surface area contributed by atoms with Gasteiger partial charge in [0, 0.05) is 13.0 Å². The van der Waals surface area contributed by atoms with Crippen molar-refractivity contribution in [2.45, 2.75) is 18.7 Å². The molecule has 15 heavy (non-hydrogen) atoms. The summed E-state index contributed by atoms with van der Waals surface area (Å²) in [5.41, 5.74) is -1.05. The van der Waals surface area contributed by atoms with Crippen molar-refractivity contribution in [1.82, 2.24) is 0 Å². The predicted octanol–water partition coefficient (Wildman–Crippen LogP) is 2.12. The molecule has 84 valence electrons. The fourth-order valence-corrected chi connectivity index (χ4v) is 1.32. The Morgan fingerprint density at radius 1 is 1.20 bits per heavy atom. The summed E-state index contributed by atoms with van der Waals surface area (Å²) in [5.74, 6) is 0. The highest BCUT2D eigenvalue weighted by Gasteiger charge is 2.34. The van der Waals surface area contributed by atoms with Gasteiger partial charge in [-0.15, -0.1) is 0 Å². The van der Waals surface area contributed by atoms with Crippen LogP contribution in [0.1, 0.15) is 23.7 Å². The first-order valence-electron chi connectivity index (χ1n) is 4.42. The molecule has 1 aromatic rings. The number of aliphatic hydroxyl groups is 2. The predicted molar refractivity (Wildman–Crippen MR) is 48.1 cm³/mol. The van der Waals surface area contributed by atoms with Crippen molar-refractivity contribution in [2.75, 3.05) is 6.61 Å². The molecule has 0 spiro atoms. The minimum atomic E-state index is -4.48. The van der Waals surface area contributed by atoms with Crippen molar-refractivity contribution in [3.63, 3.8) is 0 Å². The molecule has 0 aliphatic rings. The fraction of sp³-hybridized carbons (Fsp3) is 0.400. The monoisotopic (exact) mass is 220 g/mol. The Hall–Kier alpha value is -1.07. The van der Waals surface area contributed by atoms with Crippen LogP contribution in [0.25, 0.3) is 0 Å². The maximum absolute atomic E-state index is 12.5. The van der Waals surface area contributed by atoms with Crippen LogP contribution in [0, 0.1) is 0 Å². The Balaban J connectivity index is 3.06. The second-order valence-corrected chi connectivity index (χ2v) is 3.11. The number of rotatable bonds is 3. The lowest BCUT2D eigenvalue weighted by molar-refractivity contribution is -0.139.